The molecule has 0 bridgehead atoms. The molecule has 0 saturated carbocycles. The van der Waals surface area contributed by atoms with Crippen LogP contribution < -0.4 is 8.97 Å². The molecule has 0 aliphatic rings. The molecule has 0 spiro atoms. The van der Waals surface area contributed by atoms with Gasteiger partial charge in [-0.1, -0.05) is 142 Å². The molecular weight excluding hydrogens is 653 g/mol. The predicted octanol–water partition coefficient (Wildman–Crippen LogP) is 14.0. The lowest BCUT2D eigenvalue weighted by molar-refractivity contribution is 0.380. The first-order chi connectivity index (χ1) is 25.2. The van der Waals surface area contributed by atoms with E-state index in [1.54, 1.807) is 0 Å². The van der Waals surface area contributed by atoms with Gasteiger partial charge in [-0.3, -0.25) is 8.97 Å². The van der Waals surface area contributed by atoms with Gasteiger partial charge in [0, 0.05) is 12.4 Å². The Morgan fingerprint density at radius 1 is 0.423 bits per heavy atom. The molecule has 0 atom stereocenters. The van der Waals surface area contributed by atoms with Gasteiger partial charge in [0.1, 0.15) is 11.4 Å². The van der Waals surface area contributed by atoms with E-state index in [0.717, 1.165) is 20.1 Å². The molecular formula is C47H80N4S+2. The van der Waals surface area contributed by atoms with Gasteiger partial charge in [-0.2, -0.15) is 0 Å². The van der Waals surface area contributed by atoms with E-state index in [-0.39, 0.29) is 0 Å². The van der Waals surface area contributed by atoms with Gasteiger partial charge in [0.2, 0.25) is 5.11 Å². The summed E-state index contributed by atoms with van der Waals surface area (Å²) in [5.74, 6) is 0. The summed E-state index contributed by atoms with van der Waals surface area (Å²) < 4.78 is 1.82. The van der Waals surface area contributed by atoms with Crippen molar-refractivity contribution in [1.82, 2.24) is 8.97 Å². The molecule has 52 heavy (non-hydrogen) atoms. The van der Waals surface area contributed by atoms with Crippen molar-refractivity contribution in [2.24, 2.45) is 9.98 Å². The highest BCUT2D eigenvalue weighted by Gasteiger charge is 2.19. The van der Waals surface area contributed by atoms with Gasteiger partial charge < -0.3 is 0 Å². The van der Waals surface area contributed by atoms with Crippen molar-refractivity contribution in [3.8, 4) is 0 Å². The number of hydrogen-bond acceptors (Lipinski definition) is 1. The zero-order valence-corrected chi connectivity index (χ0v) is 35.7. The molecule has 2 aromatic carbocycles. The van der Waals surface area contributed by atoms with Crippen LogP contribution in [0, 0.1) is 0 Å². The number of hydrogen-bond donors (Lipinski definition) is 0. The van der Waals surface area contributed by atoms with Crippen LogP contribution in [0.4, 0.5) is 11.4 Å². The van der Waals surface area contributed by atoms with Crippen molar-refractivity contribution in [3.05, 3.63) is 59.7 Å². The third-order valence-electron chi connectivity index (χ3n) is 11.0. The smallest absolute Gasteiger partial charge is 0.219 e. The third-order valence-corrected chi connectivity index (χ3v) is 11.2. The Morgan fingerprint density at radius 3 is 0.942 bits per heavy atom. The standard InChI is InChI=1S/C47H80N4S/c1-7-9-11-13-15-17-19-21-23-25-27-29-39-50(3,4)45-35-31-43(32-36-45)41-48-47(52)49-42-44-33-37-46(38-34-44)51(5,6)40-30-28-26-24-22-20-18-16-14-12-10-8-2/h31-38,41-42H,7-30,39-40H2,1-6H3/q+2/b48-41+,49-42+. The quantitative estimate of drug-likeness (QED) is 0.0340. The fourth-order valence-electron chi connectivity index (χ4n) is 7.18. The van der Waals surface area contributed by atoms with E-state index in [4.69, 9.17) is 12.2 Å². The average Bonchev–Trinajstić information content (AvgIpc) is 3.14. The molecule has 0 N–H and O–H groups in total. The Bertz CT molecular complexity index is 1130. The van der Waals surface area contributed by atoms with E-state index < -0.39 is 0 Å². The number of benzene rings is 2. The molecule has 0 fully saturated rings. The largest absolute Gasteiger partial charge is 0.296 e. The van der Waals surface area contributed by atoms with Crippen LogP contribution in [0.25, 0.3) is 0 Å². The van der Waals surface area contributed by atoms with Crippen molar-refractivity contribution >= 4 is 41.1 Å². The van der Waals surface area contributed by atoms with Crippen molar-refractivity contribution in [3.63, 3.8) is 0 Å². The number of nitrogens with zero attached hydrogens (tertiary/aromatic N) is 4. The molecule has 0 aromatic heterocycles. The maximum absolute atomic E-state index is 5.46. The Balaban J connectivity index is 1.64. The molecule has 0 amide bonds. The summed E-state index contributed by atoms with van der Waals surface area (Å²) in [7, 11) is 9.27. The van der Waals surface area contributed by atoms with E-state index >= 15 is 0 Å². The number of rotatable bonds is 30. The first kappa shape index (κ1) is 45.9. The fraction of sp³-hybridized carbons (Fsp3) is 0.681. The minimum absolute atomic E-state index is 0.347. The highest BCUT2D eigenvalue weighted by Crippen LogP contribution is 2.22. The lowest BCUT2D eigenvalue weighted by Crippen LogP contribution is -2.41. The average molecular weight is 733 g/mol. The monoisotopic (exact) mass is 733 g/mol. The van der Waals surface area contributed by atoms with E-state index in [2.05, 4.69) is 101 Å². The SMILES string of the molecule is CCCCCCCCCCCCCC[N+](C)(C)c1ccc(/C=N/C(=S)/N=C/c2ccc([N+](C)(C)CCCCCCCCCCCCCC)cc2)cc1. The second-order valence-corrected chi connectivity index (χ2v) is 16.9. The topological polar surface area (TPSA) is 24.7 Å². The van der Waals surface area contributed by atoms with E-state index in [9.17, 15) is 0 Å². The lowest BCUT2D eigenvalue weighted by atomic mass is 10.0. The Morgan fingerprint density at radius 2 is 0.673 bits per heavy atom. The summed E-state index contributed by atoms with van der Waals surface area (Å²) in [6, 6.07) is 17.5. The second-order valence-electron chi connectivity index (χ2n) is 16.6. The number of quaternary nitrogens is 2. The zero-order chi connectivity index (χ0) is 37.8. The Labute approximate surface area is 327 Å². The highest BCUT2D eigenvalue weighted by molar-refractivity contribution is 7.80. The molecule has 292 valence electrons. The van der Waals surface area contributed by atoms with Gasteiger partial charge in [-0.15, -0.1) is 0 Å². The summed E-state index contributed by atoms with van der Waals surface area (Å²) in [6.07, 6.45) is 37.0. The summed E-state index contributed by atoms with van der Waals surface area (Å²) in [5.41, 5.74) is 4.76. The van der Waals surface area contributed by atoms with Crippen LogP contribution in [0.15, 0.2) is 58.5 Å². The minimum atomic E-state index is 0.347. The van der Waals surface area contributed by atoms with Gasteiger partial charge in [-0.05, 0) is 97.6 Å². The van der Waals surface area contributed by atoms with Crippen LogP contribution in [0.5, 0.6) is 0 Å². The molecule has 2 rings (SSSR count). The maximum atomic E-state index is 5.46. The summed E-state index contributed by atoms with van der Waals surface area (Å²) in [4.78, 5) is 8.91. The normalized spacial score (nSPS) is 12.4. The summed E-state index contributed by atoms with van der Waals surface area (Å²) in [6.45, 7) is 6.92. The number of aliphatic imine (C=N–C) groups is 2. The van der Waals surface area contributed by atoms with E-state index in [1.165, 1.54) is 179 Å². The summed E-state index contributed by atoms with van der Waals surface area (Å²) in [5, 5.41) is 0.347. The van der Waals surface area contributed by atoms with Gasteiger partial charge >= 0.3 is 0 Å². The van der Waals surface area contributed by atoms with Crippen molar-refractivity contribution < 1.29 is 0 Å². The van der Waals surface area contributed by atoms with E-state index in [1.807, 2.05) is 12.4 Å². The second kappa shape index (κ2) is 28.3. The molecule has 0 radical (unpaired) electrons. The van der Waals surface area contributed by atoms with Crippen LogP contribution >= 0.6 is 12.2 Å². The molecule has 0 aliphatic heterocycles. The number of thiocarbonyl (C=S) groups is 1. The van der Waals surface area contributed by atoms with Crippen molar-refractivity contribution in [2.75, 3.05) is 41.3 Å². The van der Waals surface area contributed by atoms with Gasteiger partial charge in [0.15, 0.2) is 0 Å². The maximum Gasteiger partial charge on any atom is 0.219 e. The molecule has 2 aromatic rings. The zero-order valence-electron chi connectivity index (χ0n) is 34.9. The van der Waals surface area contributed by atoms with Crippen LogP contribution in [0.2, 0.25) is 0 Å². The molecule has 0 heterocycles. The van der Waals surface area contributed by atoms with Gasteiger partial charge in [-0.25, -0.2) is 9.98 Å². The molecule has 0 unspecified atom stereocenters. The fourth-order valence-corrected chi connectivity index (χ4v) is 7.28. The first-order valence-electron chi connectivity index (χ1n) is 21.7. The molecule has 0 aliphatic carbocycles. The Kier molecular flexibility index (Phi) is 25.0. The molecule has 0 saturated heterocycles. The van der Waals surface area contributed by atoms with Crippen LogP contribution in [-0.2, 0) is 0 Å². The van der Waals surface area contributed by atoms with Crippen molar-refractivity contribution in [1.29, 1.82) is 0 Å². The van der Waals surface area contributed by atoms with Crippen LogP contribution in [-0.4, -0.2) is 58.8 Å². The summed E-state index contributed by atoms with van der Waals surface area (Å²) >= 11 is 5.46. The van der Waals surface area contributed by atoms with E-state index in [0.29, 0.717) is 5.11 Å². The predicted molar refractivity (Wildman–Crippen MR) is 240 cm³/mol. The van der Waals surface area contributed by atoms with Crippen molar-refractivity contribution in [2.45, 2.75) is 168 Å². The minimum Gasteiger partial charge on any atom is -0.296 e. The Hall–Kier alpha value is -2.21. The highest BCUT2D eigenvalue weighted by atomic mass is 32.1. The van der Waals surface area contributed by atoms with Gasteiger partial charge in [0.25, 0.3) is 0 Å². The van der Waals surface area contributed by atoms with Gasteiger partial charge in [0.05, 0.1) is 41.3 Å². The molecule has 4 nitrogen and oxygen atoms in total. The first-order valence-corrected chi connectivity index (χ1v) is 22.1. The molecule has 5 heteroatoms. The lowest BCUT2D eigenvalue weighted by Gasteiger charge is -2.29. The van der Waals surface area contributed by atoms with Crippen LogP contribution in [0.1, 0.15) is 179 Å². The third kappa shape index (κ3) is 21.5. The van der Waals surface area contributed by atoms with Crippen LogP contribution in [0.3, 0.4) is 0 Å². The number of unbranched alkanes of at least 4 members (excludes halogenated alkanes) is 22.